The number of allylic oxidation sites excluding steroid dienone is 4. The number of esters is 1. The highest BCUT2D eigenvalue weighted by molar-refractivity contribution is 5.78. The van der Waals surface area contributed by atoms with Crippen molar-refractivity contribution < 1.29 is 19.1 Å². The van der Waals surface area contributed by atoms with E-state index >= 15 is 0 Å². The van der Waals surface area contributed by atoms with E-state index in [1.165, 1.54) is 7.11 Å². The van der Waals surface area contributed by atoms with Crippen molar-refractivity contribution in [3.05, 3.63) is 36.1 Å². The maximum absolute atomic E-state index is 11.6. The van der Waals surface area contributed by atoms with Crippen LogP contribution in [0.15, 0.2) is 36.1 Å². The van der Waals surface area contributed by atoms with Gasteiger partial charge in [0, 0.05) is 5.70 Å². The third kappa shape index (κ3) is 10.1. The molecule has 0 heterocycles. The number of methoxy groups -OCH3 is 1. The first-order valence-electron chi connectivity index (χ1n) is 6.41. The van der Waals surface area contributed by atoms with Crippen LogP contribution < -0.4 is 5.32 Å². The van der Waals surface area contributed by atoms with Crippen LogP contribution in [0.1, 0.15) is 26.7 Å². The average Bonchev–Trinajstić information content (AvgIpc) is 2.42. The Morgan fingerprint density at radius 2 is 1.80 bits per heavy atom. The van der Waals surface area contributed by atoms with Gasteiger partial charge < -0.3 is 14.8 Å². The molecular weight excluding hydrogens is 258 g/mol. The van der Waals surface area contributed by atoms with Crippen LogP contribution in [0.3, 0.4) is 0 Å². The van der Waals surface area contributed by atoms with Crippen molar-refractivity contribution in [2.45, 2.75) is 26.7 Å². The number of carbonyl (C=O) groups is 2. The molecule has 0 aliphatic rings. The number of hydrogen-bond donors (Lipinski definition) is 1. The topological polar surface area (TPSA) is 64.6 Å². The quantitative estimate of drug-likeness (QED) is 0.399. The lowest BCUT2D eigenvalue weighted by molar-refractivity contribution is -0.141. The molecule has 0 spiro atoms. The van der Waals surface area contributed by atoms with Gasteiger partial charge in [-0.05, 0) is 26.0 Å². The van der Waals surface area contributed by atoms with Crippen molar-refractivity contribution in [2.24, 2.45) is 0 Å². The second-order valence-corrected chi connectivity index (χ2v) is 4.31. The normalized spacial score (nSPS) is 10.7. The lowest BCUT2D eigenvalue weighted by Crippen LogP contribution is -2.23. The van der Waals surface area contributed by atoms with Crippen molar-refractivity contribution in [3.63, 3.8) is 0 Å². The largest absolute Gasteiger partial charge is 0.469 e. The Morgan fingerprint density at radius 1 is 1.15 bits per heavy atom. The maximum Gasteiger partial charge on any atom is 0.307 e. The molecule has 0 fully saturated rings. The van der Waals surface area contributed by atoms with E-state index in [-0.39, 0.29) is 37.9 Å². The minimum atomic E-state index is -0.326. The second-order valence-electron chi connectivity index (χ2n) is 4.31. The van der Waals surface area contributed by atoms with Crippen LogP contribution in [0, 0.1) is 0 Å². The van der Waals surface area contributed by atoms with Crippen LogP contribution in [0.2, 0.25) is 0 Å². The van der Waals surface area contributed by atoms with Crippen LogP contribution in [0.25, 0.3) is 0 Å². The summed E-state index contributed by atoms with van der Waals surface area (Å²) in [5.74, 6) is -0.482. The maximum atomic E-state index is 11.6. The Labute approximate surface area is 120 Å². The van der Waals surface area contributed by atoms with Gasteiger partial charge in [0.15, 0.2) is 0 Å². The molecule has 0 radical (unpaired) electrons. The molecule has 0 aliphatic heterocycles. The lowest BCUT2D eigenvalue weighted by atomic mass is 10.2. The molecule has 0 atom stereocenters. The van der Waals surface area contributed by atoms with Crippen LogP contribution in [-0.2, 0) is 19.1 Å². The van der Waals surface area contributed by atoms with Crippen LogP contribution >= 0.6 is 0 Å². The van der Waals surface area contributed by atoms with E-state index in [1.807, 2.05) is 19.9 Å². The second kappa shape index (κ2) is 11.0. The number of ether oxygens (including phenoxy) is 2. The van der Waals surface area contributed by atoms with Gasteiger partial charge in [-0.1, -0.05) is 18.2 Å². The molecule has 0 aromatic rings. The highest BCUT2D eigenvalue weighted by Gasteiger charge is 2.03. The van der Waals surface area contributed by atoms with Crippen molar-refractivity contribution in [1.82, 2.24) is 5.32 Å². The molecule has 5 heteroatoms. The van der Waals surface area contributed by atoms with Crippen LogP contribution in [-0.4, -0.2) is 32.2 Å². The SMILES string of the molecule is C=C/C(=C\C=C(C)C)NC(=O)CCOCCC(=O)OC. The molecule has 0 unspecified atom stereocenters. The standard InChI is InChI=1S/C15H23NO4/c1-5-13(7-6-12(2)3)16-14(17)8-10-20-11-9-15(18)19-4/h5-7H,1,8-11H2,2-4H3,(H,16,17)/b13-7+. The molecule has 1 amide bonds. The number of hydrogen-bond acceptors (Lipinski definition) is 4. The molecular formula is C15H23NO4. The van der Waals surface area contributed by atoms with E-state index in [0.717, 1.165) is 5.57 Å². The molecule has 112 valence electrons. The number of rotatable bonds is 9. The predicted molar refractivity (Wildman–Crippen MR) is 77.9 cm³/mol. The molecule has 0 saturated carbocycles. The Morgan fingerprint density at radius 3 is 2.35 bits per heavy atom. The summed E-state index contributed by atoms with van der Waals surface area (Å²) in [6.45, 7) is 8.08. The third-order valence-electron chi connectivity index (χ3n) is 2.25. The minimum Gasteiger partial charge on any atom is -0.469 e. The fourth-order valence-electron chi connectivity index (χ4n) is 1.17. The van der Waals surface area contributed by atoms with Crippen LogP contribution in [0.5, 0.6) is 0 Å². The monoisotopic (exact) mass is 281 g/mol. The summed E-state index contributed by atoms with van der Waals surface area (Å²) in [5.41, 5.74) is 1.77. The summed E-state index contributed by atoms with van der Waals surface area (Å²) >= 11 is 0. The first-order valence-corrected chi connectivity index (χ1v) is 6.41. The molecule has 0 aliphatic carbocycles. The van der Waals surface area contributed by atoms with Crippen molar-refractivity contribution in [1.29, 1.82) is 0 Å². The Kier molecular flexibility index (Phi) is 9.96. The number of carbonyl (C=O) groups excluding carboxylic acids is 2. The first kappa shape index (κ1) is 18.1. The van der Waals surface area contributed by atoms with Gasteiger partial charge in [-0.2, -0.15) is 0 Å². The zero-order chi connectivity index (χ0) is 15.4. The van der Waals surface area contributed by atoms with E-state index < -0.39 is 0 Å². The van der Waals surface area contributed by atoms with Gasteiger partial charge in [-0.15, -0.1) is 0 Å². The van der Waals surface area contributed by atoms with Crippen LogP contribution in [0.4, 0.5) is 0 Å². The average molecular weight is 281 g/mol. The summed E-state index contributed by atoms with van der Waals surface area (Å²) in [6, 6.07) is 0. The summed E-state index contributed by atoms with van der Waals surface area (Å²) in [7, 11) is 1.32. The summed E-state index contributed by atoms with van der Waals surface area (Å²) in [4.78, 5) is 22.4. The Bertz CT molecular complexity index is 393. The van der Waals surface area contributed by atoms with E-state index in [2.05, 4.69) is 16.6 Å². The molecule has 0 rings (SSSR count). The first-order chi connectivity index (χ1) is 9.49. The number of amides is 1. The highest BCUT2D eigenvalue weighted by atomic mass is 16.5. The van der Waals surface area contributed by atoms with E-state index in [9.17, 15) is 9.59 Å². The zero-order valence-corrected chi connectivity index (χ0v) is 12.4. The molecule has 20 heavy (non-hydrogen) atoms. The van der Waals surface area contributed by atoms with E-state index in [4.69, 9.17) is 4.74 Å². The highest BCUT2D eigenvalue weighted by Crippen LogP contribution is 1.97. The van der Waals surface area contributed by atoms with Gasteiger partial charge in [-0.3, -0.25) is 9.59 Å². The minimum absolute atomic E-state index is 0.156. The molecule has 1 N–H and O–H groups in total. The molecule has 0 saturated heterocycles. The smallest absolute Gasteiger partial charge is 0.307 e. The molecule has 5 nitrogen and oxygen atoms in total. The molecule has 0 aromatic heterocycles. The fourth-order valence-corrected chi connectivity index (χ4v) is 1.17. The van der Waals surface area contributed by atoms with Crippen molar-refractivity contribution in [2.75, 3.05) is 20.3 Å². The Hall–Kier alpha value is -1.88. The van der Waals surface area contributed by atoms with Gasteiger partial charge in [0.25, 0.3) is 0 Å². The van der Waals surface area contributed by atoms with Gasteiger partial charge in [-0.25, -0.2) is 0 Å². The van der Waals surface area contributed by atoms with E-state index in [0.29, 0.717) is 5.70 Å². The Balaban J connectivity index is 3.93. The number of nitrogens with one attached hydrogen (secondary N) is 1. The van der Waals surface area contributed by atoms with Gasteiger partial charge in [0.1, 0.15) is 0 Å². The van der Waals surface area contributed by atoms with E-state index in [1.54, 1.807) is 12.2 Å². The summed E-state index contributed by atoms with van der Waals surface area (Å²) in [5, 5.41) is 2.72. The molecule has 0 aromatic carbocycles. The van der Waals surface area contributed by atoms with Crippen molar-refractivity contribution >= 4 is 11.9 Å². The van der Waals surface area contributed by atoms with Gasteiger partial charge in [0.05, 0.1) is 33.2 Å². The fraction of sp³-hybridized carbons (Fsp3) is 0.467. The third-order valence-corrected chi connectivity index (χ3v) is 2.25. The summed E-state index contributed by atoms with van der Waals surface area (Å²) in [6.07, 6.45) is 5.68. The van der Waals surface area contributed by atoms with Gasteiger partial charge in [0.2, 0.25) is 5.91 Å². The predicted octanol–water partition coefficient (Wildman–Crippen LogP) is 2.11. The summed E-state index contributed by atoms with van der Waals surface area (Å²) < 4.78 is 9.64. The zero-order valence-electron chi connectivity index (χ0n) is 12.4. The lowest BCUT2D eigenvalue weighted by Gasteiger charge is -2.06. The van der Waals surface area contributed by atoms with Crippen molar-refractivity contribution in [3.8, 4) is 0 Å². The molecule has 0 bridgehead atoms. The van der Waals surface area contributed by atoms with Gasteiger partial charge >= 0.3 is 5.97 Å².